The van der Waals surface area contributed by atoms with Gasteiger partial charge in [0.2, 0.25) is 0 Å². The summed E-state index contributed by atoms with van der Waals surface area (Å²) in [6, 6.07) is 11.2. The van der Waals surface area contributed by atoms with E-state index in [1.54, 1.807) is 12.1 Å². The molecule has 0 atom stereocenters. The molecule has 2 N–H and O–H groups in total. The van der Waals surface area contributed by atoms with Crippen molar-refractivity contribution >= 4 is 28.9 Å². The van der Waals surface area contributed by atoms with E-state index < -0.39 is 0 Å². The summed E-state index contributed by atoms with van der Waals surface area (Å²) >= 11 is 6.01. The van der Waals surface area contributed by atoms with Crippen LogP contribution in [0.3, 0.4) is 0 Å². The Bertz CT molecular complexity index is 648. The second kappa shape index (κ2) is 6.64. The molecule has 0 aliphatic heterocycles. The number of nitrogens with one attached hydrogen (secondary N) is 2. The predicted molar refractivity (Wildman–Crippen MR) is 89.5 cm³/mol. The summed E-state index contributed by atoms with van der Waals surface area (Å²) in [4.78, 5) is 12.5. The standard InChI is InChI=1S/C17H19ClN2O/c1-4-19-16-6-5-13(18)10-15(16)17(21)20-14-8-11(2)7-12(3)9-14/h5-10,19H,4H2,1-3H3,(H,20,21). The monoisotopic (exact) mass is 302 g/mol. The second-order valence-corrected chi connectivity index (χ2v) is 5.49. The molecule has 0 saturated carbocycles. The van der Waals surface area contributed by atoms with Crippen molar-refractivity contribution in [2.45, 2.75) is 20.8 Å². The van der Waals surface area contributed by atoms with E-state index in [1.165, 1.54) is 0 Å². The van der Waals surface area contributed by atoms with Gasteiger partial charge in [0.05, 0.1) is 5.56 Å². The lowest BCUT2D eigenvalue weighted by Gasteiger charge is -2.12. The highest BCUT2D eigenvalue weighted by Crippen LogP contribution is 2.22. The molecule has 4 heteroatoms. The van der Waals surface area contributed by atoms with Gasteiger partial charge in [-0.3, -0.25) is 4.79 Å². The Kier molecular flexibility index (Phi) is 4.86. The first kappa shape index (κ1) is 15.4. The third kappa shape index (κ3) is 3.99. The molecule has 0 aliphatic carbocycles. The minimum absolute atomic E-state index is 0.168. The number of hydrogen-bond donors (Lipinski definition) is 2. The molecule has 2 rings (SSSR count). The zero-order chi connectivity index (χ0) is 15.4. The van der Waals surface area contributed by atoms with Gasteiger partial charge < -0.3 is 10.6 Å². The first-order chi connectivity index (χ1) is 9.99. The average molecular weight is 303 g/mol. The van der Waals surface area contributed by atoms with Crippen molar-refractivity contribution in [2.75, 3.05) is 17.2 Å². The topological polar surface area (TPSA) is 41.1 Å². The molecule has 0 unspecified atom stereocenters. The Morgan fingerprint density at radius 3 is 2.38 bits per heavy atom. The fraction of sp³-hybridized carbons (Fsp3) is 0.235. The van der Waals surface area contributed by atoms with Crippen molar-refractivity contribution in [3.8, 4) is 0 Å². The molecule has 110 valence electrons. The van der Waals surface area contributed by atoms with Crippen LogP contribution in [0, 0.1) is 13.8 Å². The Morgan fingerprint density at radius 1 is 1.10 bits per heavy atom. The number of rotatable bonds is 4. The number of carbonyl (C=O) groups excluding carboxylic acids is 1. The Labute approximate surface area is 130 Å². The van der Waals surface area contributed by atoms with E-state index in [-0.39, 0.29) is 5.91 Å². The lowest BCUT2D eigenvalue weighted by Crippen LogP contribution is -2.15. The SMILES string of the molecule is CCNc1ccc(Cl)cc1C(=O)Nc1cc(C)cc(C)c1. The van der Waals surface area contributed by atoms with Crippen molar-refractivity contribution in [2.24, 2.45) is 0 Å². The van der Waals surface area contributed by atoms with Crippen LogP contribution in [0.4, 0.5) is 11.4 Å². The number of anilines is 2. The van der Waals surface area contributed by atoms with Gasteiger partial charge in [0.25, 0.3) is 5.91 Å². The van der Waals surface area contributed by atoms with E-state index in [0.717, 1.165) is 29.0 Å². The quantitative estimate of drug-likeness (QED) is 0.863. The third-order valence-corrected chi connectivity index (χ3v) is 3.31. The van der Waals surface area contributed by atoms with Gasteiger partial charge in [-0.25, -0.2) is 0 Å². The van der Waals surface area contributed by atoms with Crippen LogP contribution >= 0.6 is 11.6 Å². The smallest absolute Gasteiger partial charge is 0.257 e. The van der Waals surface area contributed by atoms with Crippen LogP contribution in [0.1, 0.15) is 28.4 Å². The van der Waals surface area contributed by atoms with Crippen LogP contribution in [0.15, 0.2) is 36.4 Å². The largest absolute Gasteiger partial charge is 0.385 e. The summed E-state index contributed by atoms with van der Waals surface area (Å²) < 4.78 is 0. The molecule has 0 spiro atoms. The summed E-state index contributed by atoms with van der Waals surface area (Å²) in [5, 5.41) is 6.65. The van der Waals surface area contributed by atoms with E-state index in [4.69, 9.17) is 11.6 Å². The van der Waals surface area contributed by atoms with E-state index in [1.807, 2.05) is 39.0 Å². The molecule has 0 aromatic heterocycles. The van der Waals surface area contributed by atoms with E-state index in [9.17, 15) is 4.79 Å². The van der Waals surface area contributed by atoms with Gasteiger partial charge in [-0.15, -0.1) is 0 Å². The summed E-state index contributed by atoms with van der Waals surface area (Å²) in [7, 11) is 0. The fourth-order valence-electron chi connectivity index (χ4n) is 2.29. The molecule has 0 heterocycles. The number of amides is 1. The minimum atomic E-state index is -0.168. The summed E-state index contributed by atoms with van der Waals surface area (Å²) in [5.41, 5.74) is 4.35. The zero-order valence-corrected chi connectivity index (χ0v) is 13.2. The highest BCUT2D eigenvalue weighted by Gasteiger charge is 2.12. The molecule has 0 fully saturated rings. The number of aryl methyl sites for hydroxylation is 2. The zero-order valence-electron chi connectivity index (χ0n) is 12.5. The highest BCUT2D eigenvalue weighted by molar-refractivity contribution is 6.31. The van der Waals surface area contributed by atoms with Crippen molar-refractivity contribution in [1.29, 1.82) is 0 Å². The van der Waals surface area contributed by atoms with Crippen molar-refractivity contribution < 1.29 is 4.79 Å². The Morgan fingerprint density at radius 2 is 1.76 bits per heavy atom. The van der Waals surface area contributed by atoms with Crippen molar-refractivity contribution in [1.82, 2.24) is 0 Å². The van der Waals surface area contributed by atoms with Gasteiger partial charge in [-0.2, -0.15) is 0 Å². The van der Waals surface area contributed by atoms with Crippen LogP contribution in [0.2, 0.25) is 5.02 Å². The van der Waals surface area contributed by atoms with Crippen LogP contribution in [-0.4, -0.2) is 12.5 Å². The van der Waals surface area contributed by atoms with Gasteiger partial charge in [0, 0.05) is 22.9 Å². The maximum absolute atomic E-state index is 12.5. The minimum Gasteiger partial charge on any atom is -0.385 e. The highest BCUT2D eigenvalue weighted by atomic mass is 35.5. The van der Waals surface area contributed by atoms with Crippen LogP contribution in [-0.2, 0) is 0 Å². The first-order valence-electron chi connectivity index (χ1n) is 6.92. The Hall–Kier alpha value is -2.00. The molecule has 0 saturated heterocycles. The van der Waals surface area contributed by atoms with Crippen molar-refractivity contribution in [3.63, 3.8) is 0 Å². The maximum Gasteiger partial charge on any atom is 0.257 e. The Balaban J connectivity index is 2.29. The second-order valence-electron chi connectivity index (χ2n) is 5.05. The molecule has 2 aromatic rings. The van der Waals surface area contributed by atoms with Gasteiger partial charge in [0.1, 0.15) is 0 Å². The molecule has 1 amide bonds. The van der Waals surface area contributed by atoms with Crippen LogP contribution < -0.4 is 10.6 Å². The lowest BCUT2D eigenvalue weighted by atomic mass is 10.1. The van der Waals surface area contributed by atoms with E-state index in [2.05, 4.69) is 16.7 Å². The average Bonchev–Trinajstić information content (AvgIpc) is 2.39. The van der Waals surface area contributed by atoms with Crippen molar-refractivity contribution in [3.05, 3.63) is 58.1 Å². The van der Waals surface area contributed by atoms with E-state index >= 15 is 0 Å². The summed E-state index contributed by atoms with van der Waals surface area (Å²) in [5.74, 6) is -0.168. The molecular weight excluding hydrogens is 284 g/mol. The molecule has 0 bridgehead atoms. The molecule has 0 radical (unpaired) electrons. The molecule has 21 heavy (non-hydrogen) atoms. The summed E-state index contributed by atoms with van der Waals surface area (Å²) in [6.07, 6.45) is 0. The first-order valence-corrected chi connectivity index (χ1v) is 7.30. The fourth-order valence-corrected chi connectivity index (χ4v) is 2.47. The van der Waals surface area contributed by atoms with Crippen LogP contribution in [0.25, 0.3) is 0 Å². The lowest BCUT2D eigenvalue weighted by molar-refractivity contribution is 0.102. The normalized spacial score (nSPS) is 10.3. The van der Waals surface area contributed by atoms with Gasteiger partial charge in [-0.05, 0) is 62.2 Å². The van der Waals surface area contributed by atoms with Gasteiger partial charge >= 0.3 is 0 Å². The maximum atomic E-state index is 12.5. The molecule has 0 aliphatic rings. The number of halogens is 1. The predicted octanol–water partition coefficient (Wildman–Crippen LogP) is 4.64. The molecule has 2 aromatic carbocycles. The number of hydrogen-bond acceptors (Lipinski definition) is 2. The van der Waals surface area contributed by atoms with Gasteiger partial charge in [0.15, 0.2) is 0 Å². The molecular formula is C17H19ClN2O. The summed E-state index contributed by atoms with van der Waals surface area (Å²) in [6.45, 7) is 6.74. The van der Waals surface area contributed by atoms with E-state index in [0.29, 0.717) is 10.6 Å². The van der Waals surface area contributed by atoms with Gasteiger partial charge in [-0.1, -0.05) is 17.7 Å². The number of benzene rings is 2. The number of carbonyl (C=O) groups is 1. The third-order valence-electron chi connectivity index (χ3n) is 3.07. The molecule has 3 nitrogen and oxygen atoms in total. The van der Waals surface area contributed by atoms with Crippen LogP contribution in [0.5, 0.6) is 0 Å².